The summed E-state index contributed by atoms with van der Waals surface area (Å²) in [5.41, 5.74) is 8.13. The summed E-state index contributed by atoms with van der Waals surface area (Å²) >= 11 is 0. The maximum atomic E-state index is 11.7. The van der Waals surface area contributed by atoms with Gasteiger partial charge in [-0.2, -0.15) is 0 Å². The molecule has 4 heteroatoms. The van der Waals surface area contributed by atoms with E-state index < -0.39 is 0 Å². The molecular formula is C16H18N2O2. The number of hydrogen-bond acceptors (Lipinski definition) is 3. The third kappa shape index (κ3) is 4.02. The van der Waals surface area contributed by atoms with Gasteiger partial charge in [0.15, 0.2) is 0 Å². The summed E-state index contributed by atoms with van der Waals surface area (Å²) in [5, 5.41) is 2.81. The lowest BCUT2D eigenvalue weighted by Gasteiger charge is -2.10. The van der Waals surface area contributed by atoms with Gasteiger partial charge in [0.25, 0.3) is 0 Å². The maximum Gasteiger partial charge on any atom is 0.227 e. The van der Waals surface area contributed by atoms with Crippen molar-refractivity contribution in [1.82, 2.24) is 0 Å². The van der Waals surface area contributed by atoms with E-state index in [0.29, 0.717) is 18.7 Å². The van der Waals surface area contributed by atoms with Crippen LogP contribution < -0.4 is 15.8 Å². The summed E-state index contributed by atoms with van der Waals surface area (Å²) in [7, 11) is 0. The molecule has 0 atom stereocenters. The molecule has 0 heterocycles. The molecule has 1 amide bonds. The van der Waals surface area contributed by atoms with Crippen LogP contribution in [0.2, 0.25) is 0 Å². The van der Waals surface area contributed by atoms with Gasteiger partial charge in [-0.1, -0.05) is 18.2 Å². The van der Waals surface area contributed by atoms with E-state index in [1.54, 1.807) is 6.07 Å². The second-order valence-corrected chi connectivity index (χ2v) is 4.54. The highest BCUT2D eigenvalue weighted by Crippen LogP contribution is 2.20. The molecule has 0 aliphatic carbocycles. The molecule has 3 N–H and O–H groups in total. The minimum absolute atomic E-state index is 0.0655. The van der Waals surface area contributed by atoms with Crippen molar-refractivity contribution in [2.45, 2.75) is 13.3 Å². The lowest BCUT2D eigenvalue weighted by atomic mass is 10.2. The number of rotatable bonds is 5. The van der Waals surface area contributed by atoms with Crippen LogP contribution in [0, 0.1) is 6.92 Å². The van der Waals surface area contributed by atoms with Crippen molar-refractivity contribution >= 4 is 17.3 Å². The van der Waals surface area contributed by atoms with Gasteiger partial charge in [0.1, 0.15) is 5.75 Å². The normalized spacial score (nSPS) is 10.1. The number of anilines is 2. The van der Waals surface area contributed by atoms with Crippen LogP contribution in [0.4, 0.5) is 11.4 Å². The SMILES string of the molecule is Cc1cc(N)ccc1OCCC(=O)Nc1ccccc1. The molecule has 0 aromatic heterocycles. The summed E-state index contributed by atoms with van der Waals surface area (Å²) in [6.45, 7) is 2.26. The predicted molar refractivity (Wildman–Crippen MR) is 80.8 cm³/mol. The summed E-state index contributed by atoms with van der Waals surface area (Å²) in [5.74, 6) is 0.691. The van der Waals surface area contributed by atoms with E-state index in [0.717, 1.165) is 17.0 Å². The van der Waals surface area contributed by atoms with Gasteiger partial charge in [-0.05, 0) is 42.8 Å². The first-order valence-electron chi connectivity index (χ1n) is 6.49. The Hall–Kier alpha value is -2.49. The van der Waals surface area contributed by atoms with Crippen molar-refractivity contribution in [2.75, 3.05) is 17.7 Å². The Bertz CT molecular complexity index is 582. The zero-order chi connectivity index (χ0) is 14.4. The molecule has 0 saturated carbocycles. The number of carbonyl (C=O) groups is 1. The van der Waals surface area contributed by atoms with E-state index in [9.17, 15) is 4.79 Å². The van der Waals surface area contributed by atoms with Crippen LogP contribution in [-0.4, -0.2) is 12.5 Å². The number of benzene rings is 2. The van der Waals surface area contributed by atoms with Crippen molar-refractivity contribution in [3.05, 3.63) is 54.1 Å². The first-order valence-corrected chi connectivity index (χ1v) is 6.49. The largest absolute Gasteiger partial charge is 0.493 e. The molecule has 2 rings (SSSR count). The first kappa shape index (κ1) is 13.9. The zero-order valence-electron chi connectivity index (χ0n) is 11.4. The number of nitrogens with two attached hydrogens (primary N) is 1. The molecule has 20 heavy (non-hydrogen) atoms. The minimum Gasteiger partial charge on any atom is -0.493 e. The van der Waals surface area contributed by atoms with Crippen LogP contribution in [0.15, 0.2) is 48.5 Å². The highest BCUT2D eigenvalue weighted by molar-refractivity contribution is 5.90. The average molecular weight is 270 g/mol. The summed E-state index contributed by atoms with van der Waals surface area (Å²) < 4.78 is 5.58. The Morgan fingerprint density at radius 2 is 1.95 bits per heavy atom. The van der Waals surface area contributed by atoms with Crippen molar-refractivity contribution < 1.29 is 9.53 Å². The molecule has 0 saturated heterocycles. The topological polar surface area (TPSA) is 64.3 Å². The molecule has 2 aromatic rings. The van der Waals surface area contributed by atoms with Crippen LogP contribution in [-0.2, 0) is 4.79 Å². The highest BCUT2D eigenvalue weighted by atomic mass is 16.5. The van der Waals surface area contributed by atoms with E-state index in [1.165, 1.54) is 0 Å². The van der Waals surface area contributed by atoms with Gasteiger partial charge in [0, 0.05) is 11.4 Å². The first-order chi connectivity index (χ1) is 9.65. The fourth-order valence-electron chi connectivity index (χ4n) is 1.83. The molecule has 0 aliphatic heterocycles. The van der Waals surface area contributed by atoms with Gasteiger partial charge >= 0.3 is 0 Å². The Balaban J connectivity index is 1.79. The molecular weight excluding hydrogens is 252 g/mol. The quantitative estimate of drug-likeness (QED) is 0.821. The van der Waals surface area contributed by atoms with Gasteiger partial charge in [-0.15, -0.1) is 0 Å². The molecule has 0 bridgehead atoms. The van der Waals surface area contributed by atoms with Crippen LogP contribution in [0.5, 0.6) is 5.75 Å². The molecule has 0 unspecified atom stereocenters. The summed E-state index contributed by atoms with van der Waals surface area (Å²) in [6, 6.07) is 14.8. The second-order valence-electron chi connectivity index (χ2n) is 4.54. The van der Waals surface area contributed by atoms with Crippen molar-refractivity contribution in [1.29, 1.82) is 0 Å². The molecule has 2 aromatic carbocycles. The van der Waals surface area contributed by atoms with Crippen molar-refractivity contribution in [3.8, 4) is 5.75 Å². The molecule has 4 nitrogen and oxygen atoms in total. The molecule has 0 radical (unpaired) electrons. The number of aryl methyl sites for hydroxylation is 1. The van der Waals surface area contributed by atoms with Gasteiger partial charge in [0.05, 0.1) is 13.0 Å². The fraction of sp³-hybridized carbons (Fsp3) is 0.188. The third-order valence-corrected chi connectivity index (χ3v) is 2.84. The maximum absolute atomic E-state index is 11.7. The molecule has 0 aliphatic rings. The van der Waals surface area contributed by atoms with Crippen molar-refractivity contribution in [2.24, 2.45) is 0 Å². The van der Waals surface area contributed by atoms with Gasteiger partial charge < -0.3 is 15.8 Å². The summed E-state index contributed by atoms with van der Waals surface area (Å²) in [4.78, 5) is 11.7. The molecule has 0 fully saturated rings. The van der Waals surface area contributed by atoms with Crippen LogP contribution >= 0.6 is 0 Å². The lowest BCUT2D eigenvalue weighted by Crippen LogP contribution is -2.15. The third-order valence-electron chi connectivity index (χ3n) is 2.84. The van der Waals surface area contributed by atoms with Gasteiger partial charge in [0.2, 0.25) is 5.91 Å². The standard InChI is InChI=1S/C16H18N2O2/c1-12-11-13(17)7-8-15(12)20-10-9-16(19)18-14-5-3-2-4-6-14/h2-8,11H,9-10,17H2,1H3,(H,18,19). The Kier molecular flexibility index (Phi) is 4.60. The number of carbonyl (C=O) groups excluding carboxylic acids is 1. The Morgan fingerprint density at radius 1 is 1.20 bits per heavy atom. The minimum atomic E-state index is -0.0655. The second kappa shape index (κ2) is 6.61. The van der Waals surface area contributed by atoms with Crippen LogP contribution in [0.1, 0.15) is 12.0 Å². The molecule has 0 spiro atoms. The Labute approximate surface area is 118 Å². The van der Waals surface area contributed by atoms with E-state index in [4.69, 9.17) is 10.5 Å². The van der Waals surface area contributed by atoms with Crippen molar-refractivity contribution in [3.63, 3.8) is 0 Å². The lowest BCUT2D eigenvalue weighted by molar-refractivity contribution is -0.116. The molecule has 104 valence electrons. The van der Waals surface area contributed by atoms with E-state index in [1.807, 2.05) is 49.4 Å². The number of para-hydroxylation sites is 1. The van der Waals surface area contributed by atoms with E-state index in [2.05, 4.69) is 5.32 Å². The van der Waals surface area contributed by atoms with Gasteiger partial charge in [-0.3, -0.25) is 4.79 Å². The van der Waals surface area contributed by atoms with Gasteiger partial charge in [-0.25, -0.2) is 0 Å². The number of amides is 1. The van der Waals surface area contributed by atoms with E-state index in [-0.39, 0.29) is 5.91 Å². The zero-order valence-corrected chi connectivity index (χ0v) is 11.4. The number of nitrogen functional groups attached to an aromatic ring is 1. The predicted octanol–water partition coefficient (Wildman–Crippen LogP) is 2.98. The van der Waals surface area contributed by atoms with E-state index >= 15 is 0 Å². The summed E-state index contributed by atoms with van der Waals surface area (Å²) in [6.07, 6.45) is 0.304. The monoisotopic (exact) mass is 270 g/mol. The fourth-order valence-corrected chi connectivity index (χ4v) is 1.83. The number of nitrogens with one attached hydrogen (secondary N) is 1. The number of hydrogen-bond donors (Lipinski definition) is 2. The highest BCUT2D eigenvalue weighted by Gasteiger charge is 2.04. The van der Waals surface area contributed by atoms with Crippen LogP contribution in [0.25, 0.3) is 0 Å². The average Bonchev–Trinajstić information content (AvgIpc) is 2.42. The smallest absolute Gasteiger partial charge is 0.227 e. The van der Waals surface area contributed by atoms with Crippen LogP contribution in [0.3, 0.4) is 0 Å². The number of ether oxygens (including phenoxy) is 1. The Morgan fingerprint density at radius 3 is 2.65 bits per heavy atom.